The number of fused-ring (bicyclic) bond motifs is 1. The van der Waals surface area contributed by atoms with Gasteiger partial charge in [-0.2, -0.15) is 0 Å². The maximum atomic E-state index is 5.80. The first-order chi connectivity index (χ1) is 9.26. The Balaban J connectivity index is 1.83. The molecule has 0 N–H and O–H groups in total. The van der Waals surface area contributed by atoms with E-state index in [9.17, 15) is 0 Å². The van der Waals surface area contributed by atoms with Crippen LogP contribution in [-0.2, 0) is 5.33 Å². The maximum Gasteiger partial charge on any atom is 0.231 e. The Morgan fingerprint density at radius 2 is 1.74 bits per heavy atom. The molecular weight excluding hydrogens is 376 g/mol. The highest BCUT2D eigenvalue weighted by molar-refractivity contribution is 9.10. The smallest absolute Gasteiger partial charge is 0.231 e. The van der Waals surface area contributed by atoms with Crippen LogP contribution in [0.4, 0.5) is 0 Å². The first-order valence-electron chi connectivity index (χ1n) is 5.68. The van der Waals surface area contributed by atoms with Crippen LogP contribution >= 0.6 is 31.9 Å². The summed E-state index contributed by atoms with van der Waals surface area (Å²) in [4.78, 5) is 0. The normalized spacial score (nSPS) is 12.5. The Morgan fingerprint density at radius 3 is 2.53 bits per heavy atom. The van der Waals surface area contributed by atoms with Gasteiger partial charge in [-0.15, -0.1) is 0 Å². The van der Waals surface area contributed by atoms with Gasteiger partial charge in [0, 0.05) is 15.9 Å². The van der Waals surface area contributed by atoms with Crippen LogP contribution in [0.25, 0.3) is 0 Å². The zero-order valence-electron chi connectivity index (χ0n) is 9.86. The summed E-state index contributed by atoms with van der Waals surface area (Å²) in [5.41, 5.74) is 1.18. The lowest BCUT2D eigenvalue weighted by atomic mass is 10.2. The van der Waals surface area contributed by atoms with Gasteiger partial charge in [-0.3, -0.25) is 0 Å². The zero-order valence-corrected chi connectivity index (χ0v) is 13.0. The minimum atomic E-state index is 0.268. The molecule has 1 heterocycles. The second-order valence-electron chi connectivity index (χ2n) is 4.00. The molecule has 2 aromatic rings. The maximum absolute atomic E-state index is 5.80. The van der Waals surface area contributed by atoms with E-state index < -0.39 is 0 Å². The van der Waals surface area contributed by atoms with Gasteiger partial charge in [-0.05, 0) is 29.8 Å². The van der Waals surface area contributed by atoms with Crippen molar-refractivity contribution in [3.63, 3.8) is 0 Å². The number of ether oxygens (including phenoxy) is 3. The molecule has 0 aromatic heterocycles. The van der Waals surface area contributed by atoms with Crippen molar-refractivity contribution in [1.29, 1.82) is 0 Å². The average Bonchev–Trinajstić information content (AvgIpc) is 2.86. The third-order valence-corrected chi connectivity index (χ3v) is 4.09. The lowest BCUT2D eigenvalue weighted by molar-refractivity contribution is 0.174. The Morgan fingerprint density at radius 1 is 1.00 bits per heavy atom. The molecule has 0 aliphatic carbocycles. The lowest BCUT2D eigenvalue weighted by Crippen LogP contribution is -1.92. The standard InChI is InChI=1S/C14H10Br2O3/c15-7-9-1-2-10(5-12(9)16)19-11-3-4-13-14(6-11)18-8-17-13/h1-6H,7-8H2. The summed E-state index contributed by atoms with van der Waals surface area (Å²) in [6.07, 6.45) is 0. The van der Waals surface area contributed by atoms with Gasteiger partial charge in [0.15, 0.2) is 11.5 Å². The number of rotatable bonds is 3. The topological polar surface area (TPSA) is 27.7 Å². The molecule has 1 aliphatic rings. The molecule has 0 amide bonds. The Bertz CT molecular complexity index is 614. The minimum absolute atomic E-state index is 0.268. The highest BCUT2D eigenvalue weighted by Gasteiger charge is 2.14. The van der Waals surface area contributed by atoms with Gasteiger partial charge in [0.05, 0.1) is 0 Å². The summed E-state index contributed by atoms with van der Waals surface area (Å²) in [7, 11) is 0. The molecule has 0 saturated heterocycles. The van der Waals surface area contributed by atoms with E-state index in [4.69, 9.17) is 14.2 Å². The van der Waals surface area contributed by atoms with Crippen molar-refractivity contribution >= 4 is 31.9 Å². The number of hydrogen-bond donors (Lipinski definition) is 0. The van der Waals surface area contributed by atoms with Crippen molar-refractivity contribution in [2.75, 3.05) is 6.79 Å². The van der Waals surface area contributed by atoms with E-state index in [1.54, 1.807) is 0 Å². The third kappa shape index (κ3) is 2.72. The van der Waals surface area contributed by atoms with Crippen molar-refractivity contribution in [3.8, 4) is 23.0 Å². The summed E-state index contributed by atoms with van der Waals surface area (Å²) >= 11 is 6.95. The van der Waals surface area contributed by atoms with Gasteiger partial charge in [-0.25, -0.2) is 0 Å². The molecule has 0 fully saturated rings. The molecule has 0 unspecified atom stereocenters. The summed E-state index contributed by atoms with van der Waals surface area (Å²) in [6.45, 7) is 0.268. The van der Waals surface area contributed by atoms with Crippen molar-refractivity contribution in [2.45, 2.75) is 5.33 Å². The molecule has 0 spiro atoms. The van der Waals surface area contributed by atoms with Crippen LogP contribution in [0.2, 0.25) is 0 Å². The first kappa shape index (κ1) is 12.8. The molecule has 3 rings (SSSR count). The summed E-state index contributed by atoms with van der Waals surface area (Å²) in [5.74, 6) is 2.97. The van der Waals surface area contributed by atoms with E-state index in [0.717, 1.165) is 27.1 Å². The summed E-state index contributed by atoms with van der Waals surface area (Å²) in [6, 6.07) is 11.4. The van der Waals surface area contributed by atoms with E-state index in [1.165, 1.54) is 5.56 Å². The molecule has 0 saturated carbocycles. The van der Waals surface area contributed by atoms with Crippen LogP contribution < -0.4 is 14.2 Å². The fraction of sp³-hybridized carbons (Fsp3) is 0.143. The molecule has 98 valence electrons. The van der Waals surface area contributed by atoms with Crippen LogP contribution in [0.15, 0.2) is 40.9 Å². The third-order valence-electron chi connectivity index (χ3n) is 2.75. The van der Waals surface area contributed by atoms with Gasteiger partial charge in [0.2, 0.25) is 6.79 Å². The molecule has 0 bridgehead atoms. The van der Waals surface area contributed by atoms with E-state index in [1.807, 2.05) is 36.4 Å². The van der Waals surface area contributed by atoms with Crippen molar-refractivity contribution in [3.05, 3.63) is 46.4 Å². The molecular formula is C14H10Br2O3. The molecule has 5 heteroatoms. The molecule has 1 aliphatic heterocycles. The zero-order chi connectivity index (χ0) is 13.2. The average molecular weight is 386 g/mol. The number of benzene rings is 2. The molecule has 2 aromatic carbocycles. The Hall–Kier alpha value is -1.20. The lowest BCUT2D eigenvalue weighted by Gasteiger charge is -2.08. The second-order valence-corrected chi connectivity index (χ2v) is 5.42. The van der Waals surface area contributed by atoms with Crippen LogP contribution in [0.1, 0.15) is 5.56 Å². The number of alkyl halides is 1. The quantitative estimate of drug-likeness (QED) is 0.705. The van der Waals surface area contributed by atoms with E-state index >= 15 is 0 Å². The Kier molecular flexibility index (Phi) is 3.66. The van der Waals surface area contributed by atoms with Crippen LogP contribution in [-0.4, -0.2) is 6.79 Å². The van der Waals surface area contributed by atoms with Gasteiger partial charge < -0.3 is 14.2 Å². The molecule has 3 nitrogen and oxygen atoms in total. The predicted octanol–water partition coefficient (Wildman–Crippen LogP) is 4.87. The summed E-state index contributed by atoms with van der Waals surface area (Å²) in [5, 5.41) is 0.803. The van der Waals surface area contributed by atoms with Gasteiger partial charge >= 0.3 is 0 Å². The number of hydrogen-bond acceptors (Lipinski definition) is 3. The van der Waals surface area contributed by atoms with Gasteiger partial charge in [-0.1, -0.05) is 37.9 Å². The monoisotopic (exact) mass is 384 g/mol. The predicted molar refractivity (Wildman–Crippen MR) is 79.4 cm³/mol. The Labute approximate surface area is 127 Å². The molecule has 0 radical (unpaired) electrons. The summed E-state index contributed by atoms with van der Waals surface area (Å²) < 4.78 is 17.4. The van der Waals surface area contributed by atoms with E-state index in [2.05, 4.69) is 31.9 Å². The van der Waals surface area contributed by atoms with Crippen LogP contribution in [0.5, 0.6) is 23.0 Å². The second kappa shape index (κ2) is 5.43. The van der Waals surface area contributed by atoms with Gasteiger partial charge in [0.1, 0.15) is 11.5 Å². The van der Waals surface area contributed by atoms with E-state index in [0.29, 0.717) is 5.75 Å². The SMILES string of the molecule is BrCc1ccc(Oc2ccc3c(c2)OCO3)cc1Br. The van der Waals surface area contributed by atoms with Crippen molar-refractivity contribution < 1.29 is 14.2 Å². The van der Waals surface area contributed by atoms with Gasteiger partial charge in [0.25, 0.3) is 0 Å². The number of halogens is 2. The highest BCUT2D eigenvalue weighted by atomic mass is 79.9. The fourth-order valence-corrected chi connectivity index (χ4v) is 3.14. The van der Waals surface area contributed by atoms with Crippen LogP contribution in [0, 0.1) is 0 Å². The molecule has 19 heavy (non-hydrogen) atoms. The van der Waals surface area contributed by atoms with Crippen molar-refractivity contribution in [1.82, 2.24) is 0 Å². The van der Waals surface area contributed by atoms with Crippen molar-refractivity contribution in [2.24, 2.45) is 0 Å². The van der Waals surface area contributed by atoms with E-state index in [-0.39, 0.29) is 6.79 Å². The largest absolute Gasteiger partial charge is 0.457 e. The molecule has 0 atom stereocenters. The minimum Gasteiger partial charge on any atom is -0.457 e. The highest BCUT2D eigenvalue weighted by Crippen LogP contribution is 2.37. The fourth-order valence-electron chi connectivity index (χ4n) is 1.78. The first-order valence-corrected chi connectivity index (χ1v) is 7.59. The van der Waals surface area contributed by atoms with Crippen LogP contribution in [0.3, 0.4) is 0 Å².